The number of ether oxygens (including phenoxy) is 2. The molecule has 4 rings (SSSR count). The van der Waals surface area contributed by atoms with Crippen LogP contribution in [0, 0.1) is 0 Å². The highest BCUT2D eigenvalue weighted by Crippen LogP contribution is 2.46. The van der Waals surface area contributed by atoms with Gasteiger partial charge in [-0.2, -0.15) is 0 Å². The van der Waals surface area contributed by atoms with Crippen molar-refractivity contribution in [3.63, 3.8) is 0 Å². The Kier molecular flexibility index (Phi) is 5.08. The Bertz CT molecular complexity index is 1190. The van der Waals surface area contributed by atoms with E-state index >= 15 is 0 Å². The van der Waals surface area contributed by atoms with Gasteiger partial charge in [-0.25, -0.2) is 15.0 Å². The van der Waals surface area contributed by atoms with Crippen molar-refractivity contribution in [3.8, 4) is 34.0 Å². The number of pyridine rings is 2. The molecule has 7 nitrogen and oxygen atoms in total. The molecule has 0 unspecified atom stereocenters. The summed E-state index contributed by atoms with van der Waals surface area (Å²) in [7, 11) is 3.04. The molecule has 0 spiro atoms. The number of nitrogens with two attached hydrogens (primary N) is 1. The predicted octanol–water partition coefficient (Wildman–Crippen LogP) is 4.66. The Labute approximate surface area is 176 Å². The van der Waals surface area contributed by atoms with Crippen molar-refractivity contribution in [3.05, 3.63) is 52.9 Å². The molecule has 4 aromatic rings. The Balaban J connectivity index is 2.08. The molecule has 0 aliphatic rings. The van der Waals surface area contributed by atoms with E-state index in [2.05, 4.69) is 15.0 Å². The van der Waals surface area contributed by atoms with Crippen molar-refractivity contribution < 1.29 is 9.47 Å². The van der Waals surface area contributed by atoms with Crippen molar-refractivity contribution in [2.24, 2.45) is 0 Å². The molecule has 2 N–H and O–H groups in total. The highest BCUT2D eigenvalue weighted by atomic mass is 35.5. The summed E-state index contributed by atoms with van der Waals surface area (Å²) in [5.74, 6) is 0.995. The van der Waals surface area contributed by atoms with Crippen molar-refractivity contribution in [1.82, 2.24) is 19.9 Å². The second-order valence-electron chi connectivity index (χ2n) is 6.04. The van der Waals surface area contributed by atoms with E-state index < -0.39 is 0 Å². The summed E-state index contributed by atoms with van der Waals surface area (Å²) in [6, 6.07) is 7.09. The number of halogens is 2. The van der Waals surface area contributed by atoms with Gasteiger partial charge in [0.1, 0.15) is 17.0 Å². The SMILES string of the molecule is COc1cc(OC)c(Cl)c(-c2cc3cnc(N)nc3c(-c3ccncc3)n2)c1Cl. The molecule has 3 aromatic heterocycles. The monoisotopic (exact) mass is 427 g/mol. The average Bonchev–Trinajstić information content (AvgIpc) is 2.74. The van der Waals surface area contributed by atoms with Gasteiger partial charge in [-0.1, -0.05) is 23.2 Å². The molecule has 0 radical (unpaired) electrons. The quantitative estimate of drug-likeness (QED) is 0.505. The zero-order valence-electron chi connectivity index (χ0n) is 15.5. The summed E-state index contributed by atoms with van der Waals surface area (Å²) in [5, 5.41) is 1.37. The maximum Gasteiger partial charge on any atom is 0.220 e. The zero-order valence-corrected chi connectivity index (χ0v) is 17.0. The molecule has 29 heavy (non-hydrogen) atoms. The van der Waals surface area contributed by atoms with Gasteiger partial charge >= 0.3 is 0 Å². The van der Waals surface area contributed by atoms with Gasteiger partial charge in [-0.15, -0.1) is 0 Å². The topological polar surface area (TPSA) is 96.0 Å². The maximum atomic E-state index is 6.59. The first-order chi connectivity index (χ1) is 14.0. The van der Waals surface area contributed by atoms with Crippen molar-refractivity contribution in [2.75, 3.05) is 20.0 Å². The summed E-state index contributed by atoms with van der Waals surface area (Å²) in [4.78, 5) is 17.3. The number of nitrogen functional groups attached to an aromatic ring is 1. The van der Waals surface area contributed by atoms with Crippen LogP contribution >= 0.6 is 23.2 Å². The fourth-order valence-electron chi connectivity index (χ4n) is 3.00. The predicted molar refractivity (Wildman–Crippen MR) is 114 cm³/mol. The Morgan fingerprint density at radius 1 is 0.931 bits per heavy atom. The van der Waals surface area contributed by atoms with E-state index in [-0.39, 0.29) is 5.95 Å². The first-order valence-electron chi connectivity index (χ1n) is 8.47. The van der Waals surface area contributed by atoms with Gasteiger partial charge < -0.3 is 15.2 Å². The lowest BCUT2D eigenvalue weighted by atomic mass is 10.0. The van der Waals surface area contributed by atoms with Gasteiger partial charge in [-0.3, -0.25) is 4.98 Å². The smallest absolute Gasteiger partial charge is 0.220 e. The minimum absolute atomic E-state index is 0.154. The standard InChI is InChI=1S/C20H15Cl2N5O2/c1-28-13-8-14(29-2)17(22)15(16(13)21)12-7-11-9-25-20(23)27-19(11)18(26-12)10-3-5-24-6-4-10/h3-9H,1-2H3,(H2,23,25,27). The third kappa shape index (κ3) is 3.39. The lowest BCUT2D eigenvalue weighted by Gasteiger charge is -2.16. The Morgan fingerprint density at radius 2 is 1.59 bits per heavy atom. The summed E-state index contributed by atoms with van der Waals surface area (Å²) in [5.41, 5.74) is 8.83. The number of hydrogen-bond donors (Lipinski definition) is 1. The Morgan fingerprint density at radius 3 is 2.21 bits per heavy atom. The van der Waals surface area contributed by atoms with Crippen molar-refractivity contribution in [2.45, 2.75) is 0 Å². The van der Waals surface area contributed by atoms with E-state index in [0.717, 1.165) is 10.9 Å². The molecular weight excluding hydrogens is 413 g/mol. The molecule has 0 fully saturated rings. The number of aromatic nitrogens is 4. The lowest BCUT2D eigenvalue weighted by Crippen LogP contribution is -2.00. The first kappa shape index (κ1) is 19.2. The van der Waals surface area contributed by atoms with Crippen LogP contribution in [0.2, 0.25) is 10.0 Å². The van der Waals surface area contributed by atoms with Crippen LogP contribution in [0.1, 0.15) is 0 Å². The minimum atomic E-state index is 0.154. The summed E-state index contributed by atoms with van der Waals surface area (Å²) >= 11 is 13.2. The number of hydrogen-bond acceptors (Lipinski definition) is 7. The molecule has 1 aromatic carbocycles. The van der Waals surface area contributed by atoms with Crippen molar-refractivity contribution >= 4 is 40.1 Å². The van der Waals surface area contributed by atoms with Gasteiger partial charge in [-0.05, 0) is 18.2 Å². The van der Waals surface area contributed by atoms with Gasteiger partial charge in [0.2, 0.25) is 5.95 Å². The molecule has 0 aliphatic heterocycles. The molecular formula is C20H15Cl2N5O2. The summed E-state index contributed by atoms with van der Waals surface area (Å²) in [6.07, 6.45) is 4.98. The van der Waals surface area contributed by atoms with E-state index in [1.54, 1.807) is 30.7 Å². The van der Waals surface area contributed by atoms with Gasteiger partial charge in [0.05, 0.1) is 35.7 Å². The lowest BCUT2D eigenvalue weighted by molar-refractivity contribution is 0.395. The van der Waals surface area contributed by atoms with Crippen LogP contribution in [0.5, 0.6) is 11.5 Å². The number of benzene rings is 1. The highest BCUT2D eigenvalue weighted by Gasteiger charge is 2.21. The molecule has 0 bridgehead atoms. The summed E-state index contributed by atoms with van der Waals surface area (Å²) in [6.45, 7) is 0. The normalized spacial score (nSPS) is 10.9. The van der Waals surface area contributed by atoms with E-state index in [1.165, 1.54) is 14.2 Å². The molecule has 0 aliphatic carbocycles. The minimum Gasteiger partial charge on any atom is -0.495 e. The molecule has 3 heterocycles. The second-order valence-corrected chi connectivity index (χ2v) is 6.80. The number of rotatable bonds is 4. The molecule has 0 saturated carbocycles. The van der Waals surface area contributed by atoms with E-state index in [9.17, 15) is 0 Å². The van der Waals surface area contributed by atoms with Crippen LogP contribution in [0.15, 0.2) is 42.9 Å². The molecule has 0 atom stereocenters. The van der Waals surface area contributed by atoms with Crippen LogP contribution in [-0.4, -0.2) is 34.2 Å². The van der Waals surface area contributed by atoms with Crippen LogP contribution < -0.4 is 15.2 Å². The van der Waals surface area contributed by atoms with E-state index in [0.29, 0.717) is 44.0 Å². The number of methoxy groups -OCH3 is 2. The van der Waals surface area contributed by atoms with Gasteiger partial charge in [0, 0.05) is 41.2 Å². The number of anilines is 1. The van der Waals surface area contributed by atoms with Gasteiger partial charge in [0.15, 0.2) is 0 Å². The summed E-state index contributed by atoms with van der Waals surface area (Å²) < 4.78 is 10.7. The Hall–Kier alpha value is -3.16. The van der Waals surface area contributed by atoms with E-state index in [1.807, 2.05) is 12.1 Å². The fraction of sp³-hybridized carbons (Fsp3) is 0.100. The largest absolute Gasteiger partial charge is 0.495 e. The number of fused-ring (bicyclic) bond motifs is 1. The average molecular weight is 428 g/mol. The fourth-order valence-corrected chi connectivity index (χ4v) is 3.70. The highest BCUT2D eigenvalue weighted by molar-refractivity contribution is 6.41. The second kappa shape index (κ2) is 7.69. The third-order valence-electron chi connectivity index (χ3n) is 4.37. The van der Waals surface area contributed by atoms with Crippen LogP contribution in [0.3, 0.4) is 0 Å². The van der Waals surface area contributed by atoms with Crippen LogP contribution in [-0.2, 0) is 0 Å². The van der Waals surface area contributed by atoms with Crippen LogP contribution in [0.4, 0.5) is 5.95 Å². The molecule has 0 amide bonds. The molecule has 0 saturated heterocycles. The third-order valence-corrected chi connectivity index (χ3v) is 5.12. The van der Waals surface area contributed by atoms with Gasteiger partial charge in [0.25, 0.3) is 0 Å². The number of nitrogens with zero attached hydrogens (tertiary/aromatic N) is 4. The van der Waals surface area contributed by atoms with E-state index in [4.69, 9.17) is 43.4 Å². The van der Waals surface area contributed by atoms with Crippen molar-refractivity contribution in [1.29, 1.82) is 0 Å². The maximum absolute atomic E-state index is 6.59. The molecule has 146 valence electrons. The molecule has 9 heteroatoms. The zero-order chi connectivity index (χ0) is 20.5. The van der Waals surface area contributed by atoms with Crippen LogP contribution in [0.25, 0.3) is 33.4 Å². The first-order valence-corrected chi connectivity index (χ1v) is 9.23.